The summed E-state index contributed by atoms with van der Waals surface area (Å²) < 4.78 is 1.52. The van der Waals surface area contributed by atoms with E-state index in [-0.39, 0.29) is 0 Å². The fraction of sp³-hybridized carbons (Fsp3) is 0.438. The van der Waals surface area contributed by atoms with E-state index in [4.69, 9.17) is 11.6 Å². The molecule has 0 saturated heterocycles. The average molecular weight is 270 g/mol. The van der Waals surface area contributed by atoms with E-state index in [2.05, 4.69) is 4.98 Å². The number of nitrogens with two attached hydrogens (primary N) is 2. The van der Waals surface area contributed by atoms with Gasteiger partial charge < -0.3 is 11.6 Å². The second-order valence-corrected chi connectivity index (χ2v) is 5.71. The van der Waals surface area contributed by atoms with E-state index in [0.29, 0.717) is 11.7 Å². The number of imidazole rings is 1. The van der Waals surface area contributed by atoms with Gasteiger partial charge in [0.2, 0.25) is 0 Å². The normalized spacial score (nSPS) is 16.4. The molecule has 1 heterocycles. The highest BCUT2D eigenvalue weighted by molar-refractivity contribution is 5.60. The minimum absolute atomic E-state index is 0.606. The molecule has 20 heavy (non-hydrogen) atoms. The Morgan fingerprint density at radius 1 is 1.10 bits per heavy atom. The highest BCUT2D eigenvalue weighted by Gasteiger charge is 2.20. The lowest BCUT2D eigenvalue weighted by molar-refractivity contribution is 0.355. The predicted molar refractivity (Wildman–Crippen MR) is 82.5 cm³/mol. The van der Waals surface area contributed by atoms with E-state index < -0.39 is 0 Å². The summed E-state index contributed by atoms with van der Waals surface area (Å²) in [6.07, 6.45) is 7.57. The standard InChI is InChI=1S/C16H22N4/c17-15-14(11-12-7-3-1-4-8-12)19-16(20(15)18)13-9-5-2-6-10-13/h2,5-6,9-10,12H,1,3-4,7-8,11,17-18H2. The maximum Gasteiger partial charge on any atom is 0.160 e. The van der Waals surface area contributed by atoms with Crippen LogP contribution < -0.4 is 11.6 Å². The highest BCUT2D eigenvalue weighted by atomic mass is 15.4. The molecule has 0 spiro atoms. The van der Waals surface area contributed by atoms with Gasteiger partial charge in [0.25, 0.3) is 0 Å². The summed E-state index contributed by atoms with van der Waals surface area (Å²) in [7, 11) is 0. The minimum Gasteiger partial charge on any atom is -0.382 e. The van der Waals surface area contributed by atoms with Crippen molar-refractivity contribution in [3.63, 3.8) is 0 Å². The average Bonchev–Trinajstić information content (AvgIpc) is 2.78. The molecule has 3 rings (SSSR count). The van der Waals surface area contributed by atoms with Gasteiger partial charge in [0.15, 0.2) is 5.82 Å². The monoisotopic (exact) mass is 270 g/mol. The van der Waals surface area contributed by atoms with Crippen LogP contribution in [-0.4, -0.2) is 9.66 Å². The fourth-order valence-electron chi connectivity index (χ4n) is 3.10. The minimum atomic E-state index is 0.606. The number of nitrogens with zero attached hydrogens (tertiary/aromatic N) is 2. The molecule has 1 aliphatic rings. The predicted octanol–water partition coefficient (Wildman–Crippen LogP) is 2.97. The summed E-state index contributed by atoms with van der Waals surface area (Å²) in [5.74, 6) is 8.15. The zero-order valence-electron chi connectivity index (χ0n) is 11.8. The molecule has 4 heteroatoms. The number of nitrogen functional groups attached to an aromatic ring is 2. The quantitative estimate of drug-likeness (QED) is 0.842. The van der Waals surface area contributed by atoms with Gasteiger partial charge in [0, 0.05) is 5.56 Å². The van der Waals surface area contributed by atoms with E-state index in [1.165, 1.54) is 36.8 Å². The zero-order valence-corrected chi connectivity index (χ0v) is 11.8. The molecule has 0 aliphatic heterocycles. The molecule has 0 bridgehead atoms. The number of anilines is 1. The molecule has 0 unspecified atom stereocenters. The topological polar surface area (TPSA) is 69.9 Å². The Morgan fingerprint density at radius 2 is 1.80 bits per heavy atom. The lowest BCUT2D eigenvalue weighted by Crippen LogP contribution is -2.15. The smallest absolute Gasteiger partial charge is 0.160 e. The summed E-state index contributed by atoms with van der Waals surface area (Å²) in [6.45, 7) is 0. The molecule has 106 valence electrons. The Bertz CT molecular complexity index is 568. The molecule has 0 amide bonds. The summed E-state index contributed by atoms with van der Waals surface area (Å²) >= 11 is 0. The number of rotatable bonds is 3. The Balaban J connectivity index is 1.85. The third kappa shape index (κ3) is 2.50. The number of hydrogen-bond donors (Lipinski definition) is 2. The molecule has 0 radical (unpaired) electrons. The first-order valence-electron chi connectivity index (χ1n) is 7.43. The van der Waals surface area contributed by atoms with Crippen LogP contribution in [-0.2, 0) is 6.42 Å². The Kier molecular flexibility index (Phi) is 3.63. The third-order valence-corrected chi connectivity index (χ3v) is 4.26. The molecule has 4 nitrogen and oxygen atoms in total. The van der Waals surface area contributed by atoms with Gasteiger partial charge in [-0.1, -0.05) is 62.4 Å². The Labute approximate surface area is 119 Å². The molecule has 0 atom stereocenters. The van der Waals surface area contributed by atoms with Crippen molar-refractivity contribution in [2.45, 2.75) is 38.5 Å². The molecular weight excluding hydrogens is 248 g/mol. The van der Waals surface area contributed by atoms with Gasteiger partial charge in [-0.15, -0.1) is 0 Å². The van der Waals surface area contributed by atoms with E-state index in [0.717, 1.165) is 23.5 Å². The first kappa shape index (κ1) is 13.0. The zero-order chi connectivity index (χ0) is 13.9. The van der Waals surface area contributed by atoms with E-state index in [1.807, 2.05) is 30.3 Å². The number of benzene rings is 1. The lowest BCUT2D eigenvalue weighted by atomic mass is 9.86. The van der Waals surface area contributed by atoms with Crippen molar-refractivity contribution in [2.24, 2.45) is 5.92 Å². The van der Waals surface area contributed by atoms with Crippen LogP contribution in [0.2, 0.25) is 0 Å². The molecule has 1 aromatic carbocycles. The van der Waals surface area contributed by atoms with Crippen LogP contribution in [0.5, 0.6) is 0 Å². The molecule has 4 N–H and O–H groups in total. The summed E-state index contributed by atoms with van der Waals surface area (Å²) in [5, 5.41) is 0. The van der Waals surface area contributed by atoms with Gasteiger partial charge in [-0.3, -0.25) is 0 Å². The van der Waals surface area contributed by atoms with Crippen molar-refractivity contribution in [1.82, 2.24) is 9.66 Å². The first-order chi connectivity index (χ1) is 9.75. The Hall–Kier alpha value is -1.97. The SMILES string of the molecule is Nc1c(CC2CCCCC2)nc(-c2ccccc2)n1N. The van der Waals surface area contributed by atoms with Crippen molar-refractivity contribution in [2.75, 3.05) is 11.6 Å². The van der Waals surface area contributed by atoms with Gasteiger partial charge in [-0.25, -0.2) is 9.66 Å². The van der Waals surface area contributed by atoms with Crippen molar-refractivity contribution in [3.05, 3.63) is 36.0 Å². The van der Waals surface area contributed by atoms with Crippen molar-refractivity contribution in [1.29, 1.82) is 0 Å². The Morgan fingerprint density at radius 3 is 2.50 bits per heavy atom. The lowest BCUT2D eigenvalue weighted by Gasteiger charge is -2.20. The van der Waals surface area contributed by atoms with E-state index in [9.17, 15) is 0 Å². The van der Waals surface area contributed by atoms with Crippen LogP contribution in [0.3, 0.4) is 0 Å². The summed E-state index contributed by atoms with van der Waals surface area (Å²) in [4.78, 5) is 4.69. The summed E-state index contributed by atoms with van der Waals surface area (Å²) in [5.41, 5.74) is 8.10. The van der Waals surface area contributed by atoms with Crippen molar-refractivity contribution in [3.8, 4) is 11.4 Å². The highest BCUT2D eigenvalue weighted by Crippen LogP contribution is 2.29. The van der Waals surface area contributed by atoms with Crippen LogP contribution >= 0.6 is 0 Å². The van der Waals surface area contributed by atoms with Gasteiger partial charge >= 0.3 is 0 Å². The maximum atomic E-state index is 6.13. The van der Waals surface area contributed by atoms with E-state index in [1.54, 1.807) is 0 Å². The van der Waals surface area contributed by atoms with Gasteiger partial charge in [0.1, 0.15) is 5.82 Å². The van der Waals surface area contributed by atoms with Crippen LogP contribution in [0.4, 0.5) is 5.82 Å². The maximum absolute atomic E-state index is 6.13. The van der Waals surface area contributed by atoms with Gasteiger partial charge in [0.05, 0.1) is 5.69 Å². The van der Waals surface area contributed by atoms with Gasteiger partial charge in [-0.05, 0) is 12.3 Å². The van der Waals surface area contributed by atoms with Crippen LogP contribution in [0.25, 0.3) is 11.4 Å². The van der Waals surface area contributed by atoms with Crippen LogP contribution in [0.1, 0.15) is 37.8 Å². The third-order valence-electron chi connectivity index (χ3n) is 4.26. The van der Waals surface area contributed by atoms with Crippen LogP contribution in [0, 0.1) is 5.92 Å². The first-order valence-corrected chi connectivity index (χ1v) is 7.43. The molecule has 1 saturated carbocycles. The number of hydrogen-bond acceptors (Lipinski definition) is 3. The summed E-state index contributed by atoms with van der Waals surface area (Å²) in [6, 6.07) is 9.98. The molecule has 2 aromatic rings. The van der Waals surface area contributed by atoms with Crippen LogP contribution in [0.15, 0.2) is 30.3 Å². The molecule has 1 aromatic heterocycles. The molecule has 1 aliphatic carbocycles. The van der Waals surface area contributed by atoms with Gasteiger partial charge in [-0.2, -0.15) is 0 Å². The van der Waals surface area contributed by atoms with E-state index >= 15 is 0 Å². The van der Waals surface area contributed by atoms with Crippen molar-refractivity contribution < 1.29 is 0 Å². The van der Waals surface area contributed by atoms with Crippen molar-refractivity contribution >= 4 is 5.82 Å². The second-order valence-electron chi connectivity index (χ2n) is 5.71. The second kappa shape index (κ2) is 5.57. The fourth-order valence-corrected chi connectivity index (χ4v) is 3.10. The molecular formula is C16H22N4. The molecule has 1 fully saturated rings. The number of aromatic nitrogens is 2. The largest absolute Gasteiger partial charge is 0.382 e.